The Hall–Kier alpha value is -5.12. The number of aromatic nitrogens is 1. The van der Waals surface area contributed by atoms with Gasteiger partial charge in [0.25, 0.3) is 0 Å². The Balaban J connectivity index is 1.32. The predicted octanol–water partition coefficient (Wildman–Crippen LogP) is 11.2. The number of rotatable bonds is 3. The zero-order valence-electron chi connectivity index (χ0n) is 22.0. The third-order valence-electron chi connectivity index (χ3n) is 8.21. The lowest BCUT2D eigenvalue weighted by Crippen LogP contribution is -1.92. The van der Waals surface area contributed by atoms with Crippen molar-refractivity contribution in [1.29, 1.82) is 0 Å². The Morgan fingerprint density at radius 1 is 0.488 bits per heavy atom. The lowest BCUT2D eigenvalue weighted by atomic mass is 10.00. The maximum atomic E-state index is 6.67. The summed E-state index contributed by atoms with van der Waals surface area (Å²) in [7, 11) is 0. The molecule has 3 aromatic heterocycles. The number of para-hydroxylation sites is 3. The van der Waals surface area contributed by atoms with Gasteiger partial charge in [-0.05, 0) is 41.5 Å². The molecule has 41 heavy (non-hydrogen) atoms. The van der Waals surface area contributed by atoms with Crippen LogP contribution in [0.3, 0.4) is 0 Å². The zero-order chi connectivity index (χ0) is 26.9. The van der Waals surface area contributed by atoms with Gasteiger partial charge in [0.05, 0.1) is 15.7 Å². The standard InChI is InChI=1S/C38H23NOS/c1-3-11-24(12-4-1)25-21-22-27-28-16-9-17-29(36(28)40-34(27)23-25)30-18-10-19-32-35-38(41-37(30)32)31-15-7-8-20-33(31)39(35)26-13-5-2-6-14-26/h1-23H. The highest BCUT2D eigenvalue weighted by Crippen LogP contribution is 2.47. The first kappa shape index (κ1) is 22.7. The first-order valence-electron chi connectivity index (χ1n) is 13.9. The van der Waals surface area contributed by atoms with Crippen molar-refractivity contribution in [1.82, 2.24) is 4.57 Å². The second-order valence-corrected chi connectivity index (χ2v) is 11.5. The molecule has 3 heterocycles. The number of benzene rings is 6. The highest BCUT2D eigenvalue weighted by molar-refractivity contribution is 7.27. The number of hydrogen-bond donors (Lipinski definition) is 0. The molecule has 0 radical (unpaired) electrons. The molecule has 0 aliphatic heterocycles. The third-order valence-corrected chi connectivity index (χ3v) is 9.47. The van der Waals surface area contributed by atoms with Gasteiger partial charge in [0, 0.05) is 43.1 Å². The maximum Gasteiger partial charge on any atom is 0.143 e. The van der Waals surface area contributed by atoms with Gasteiger partial charge in [-0.2, -0.15) is 0 Å². The molecule has 0 saturated heterocycles. The van der Waals surface area contributed by atoms with E-state index in [4.69, 9.17) is 4.42 Å². The number of fused-ring (bicyclic) bond motifs is 8. The van der Waals surface area contributed by atoms with Gasteiger partial charge in [0.2, 0.25) is 0 Å². The molecule has 2 nitrogen and oxygen atoms in total. The molecule has 0 aliphatic rings. The van der Waals surface area contributed by atoms with E-state index in [2.05, 4.69) is 138 Å². The van der Waals surface area contributed by atoms with Gasteiger partial charge in [0.1, 0.15) is 11.2 Å². The van der Waals surface area contributed by atoms with Crippen LogP contribution in [0.2, 0.25) is 0 Å². The van der Waals surface area contributed by atoms with Crippen molar-refractivity contribution in [3.63, 3.8) is 0 Å². The first-order chi connectivity index (χ1) is 20.3. The van der Waals surface area contributed by atoms with E-state index in [9.17, 15) is 0 Å². The lowest BCUT2D eigenvalue weighted by molar-refractivity contribution is 0.670. The van der Waals surface area contributed by atoms with Crippen LogP contribution in [0, 0.1) is 0 Å². The smallest absolute Gasteiger partial charge is 0.143 e. The molecular formula is C38H23NOS. The van der Waals surface area contributed by atoms with Gasteiger partial charge >= 0.3 is 0 Å². The fourth-order valence-electron chi connectivity index (χ4n) is 6.37. The minimum absolute atomic E-state index is 0.916. The van der Waals surface area contributed by atoms with E-state index < -0.39 is 0 Å². The zero-order valence-corrected chi connectivity index (χ0v) is 22.9. The number of hydrogen-bond acceptors (Lipinski definition) is 2. The molecule has 3 heteroatoms. The van der Waals surface area contributed by atoms with Crippen LogP contribution in [0.4, 0.5) is 0 Å². The minimum atomic E-state index is 0.916. The van der Waals surface area contributed by atoms with Crippen molar-refractivity contribution < 1.29 is 4.42 Å². The maximum absolute atomic E-state index is 6.67. The van der Waals surface area contributed by atoms with E-state index in [0.29, 0.717) is 0 Å². The summed E-state index contributed by atoms with van der Waals surface area (Å²) in [5.41, 5.74) is 10.2. The lowest BCUT2D eigenvalue weighted by Gasteiger charge is -2.09. The Morgan fingerprint density at radius 2 is 1.20 bits per heavy atom. The molecule has 0 unspecified atom stereocenters. The number of furan rings is 1. The van der Waals surface area contributed by atoms with Crippen molar-refractivity contribution >= 4 is 64.5 Å². The van der Waals surface area contributed by atoms with Crippen LogP contribution in [-0.2, 0) is 0 Å². The van der Waals surface area contributed by atoms with Gasteiger partial charge in [-0.15, -0.1) is 11.3 Å². The molecule has 0 atom stereocenters. The van der Waals surface area contributed by atoms with E-state index in [1.165, 1.54) is 48.0 Å². The highest BCUT2D eigenvalue weighted by Gasteiger charge is 2.21. The summed E-state index contributed by atoms with van der Waals surface area (Å²) in [6, 6.07) is 49.7. The molecule has 0 bridgehead atoms. The van der Waals surface area contributed by atoms with Crippen LogP contribution in [0.1, 0.15) is 0 Å². The first-order valence-corrected chi connectivity index (χ1v) is 14.7. The average molecular weight is 542 g/mol. The number of thiophene rings is 1. The Labute approximate surface area is 240 Å². The SMILES string of the molecule is c1ccc(-c2ccc3c(c2)oc2c(-c4cccc5c4sc4c6ccccc6n(-c6ccccc6)c54)cccc23)cc1. The fourth-order valence-corrected chi connectivity index (χ4v) is 7.72. The second kappa shape index (κ2) is 8.69. The second-order valence-electron chi connectivity index (χ2n) is 10.5. The molecule has 0 amide bonds. The summed E-state index contributed by atoms with van der Waals surface area (Å²) in [6.07, 6.45) is 0. The molecule has 0 spiro atoms. The van der Waals surface area contributed by atoms with E-state index in [0.717, 1.165) is 33.1 Å². The summed E-state index contributed by atoms with van der Waals surface area (Å²) in [4.78, 5) is 0. The van der Waals surface area contributed by atoms with Crippen LogP contribution in [0.15, 0.2) is 144 Å². The molecule has 0 fully saturated rings. The van der Waals surface area contributed by atoms with E-state index >= 15 is 0 Å². The largest absolute Gasteiger partial charge is 0.455 e. The van der Waals surface area contributed by atoms with Crippen LogP contribution < -0.4 is 0 Å². The summed E-state index contributed by atoms with van der Waals surface area (Å²) in [6.45, 7) is 0. The summed E-state index contributed by atoms with van der Waals surface area (Å²) < 4.78 is 11.7. The van der Waals surface area contributed by atoms with Crippen molar-refractivity contribution in [3.8, 4) is 27.9 Å². The topological polar surface area (TPSA) is 18.1 Å². The molecule has 0 N–H and O–H groups in total. The number of nitrogens with zero attached hydrogens (tertiary/aromatic N) is 1. The van der Waals surface area contributed by atoms with Crippen LogP contribution in [0.5, 0.6) is 0 Å². The molecule has 192 valence electrons. The molecule has 9 aromatic rings. The molecule has 0 saturated carbocycles. The van der Waals surface area contributed by atoms with Crippen molar-refractivity contribution in [2.24, 2.45) is 0 Å². The normalized spacial score (nSPS) is 11.9. The Bertz CT molecular complexity index is 2410. The van der Waals surface area contributed by atoms with Crippen molar-refractivity contribution in [2.75, 3.05) is 0 Å². The monoisotopic (exact) mass is 541 g/mol. The Morgan fingerprint density at radius 3 is 2.05 bits per heavy atom. The van der Waals surface area contributed by atoms with E-state index in [-0.39, 0.29) is 0 Å². The molecule has 0 aliphatic carbocycles. The van der Waals surface area contributed by atoms with Gasteiger partial charge in [0.15, 0.2) is 0 Å². The Kier molecular flexibility index (Phi) is 4.80. The predicted molar refractivity (Wildman–Crippen MR) is 174 cm³/mol. The van der Waals surface area contributed by atoms with Gasteiger partial charge in [-0.3, -0.25) is 0 Å². The highest BCUT2D eigenvalue weighted by atomic mass is 32.1. The van der Waals surface area contributed by atoms with Crippen LogP contribution >= 0.6 is 11.3 Å². The van der Waals surface area contributed by atoms with Crippen molar-refractivity contribution in [3.05, 3.63) is 140 Å². The fraction of sp³-hybridized carbons (Fsp3) is 0. The van der Waals surface area contributed by atoms with E-state index in [1.807, 2.05) is 17.4 Å². The summed E-state index contributed by atoms with van der Waals surface area (Å²) in [5.74, 6) is 0. The molecule has 9 rings (SSSR count). The van der Waals surface area contributed by atoms with Crippen LogP contribution in [0.25, 0.3) is 81.1 Å². The van der Waals surface area contributed by atoms with Gasteiger partial charge in [-0.1, -0.05) is 109 Å². The van der Waals surface area contributed by atoms with E-state index in [1.54, 1.807) is 0 Å². The third kappa shape index (κ3) is 3.30. The average Bonchev–Trinajstić information content (AvgIpc) is 3.70. The minimum Gasteiger partial charge on any atom is -0.455 e. The molecule has 6 aromatic carbocycles. The quantitative estimate of drug-likeness (QED) is 0.217. The van der Waals surface area contributed by atoms with Crippen LogP contribution in [-0.4, -0.2) is 4.57 Å². The summed E-state index contributed by atoms with van der Waals surface area (Å²) >= 11 is 1.88. The molecular weight excluding hydrogens is 518 g/mol. The van der Waals surface area contributed by atoms with Gasteiger partial charge < -0.3 is 8.98 Å². The van der Waals surface area contributed by atoms with Crippen molar-refractivity contribution in [2.45, 2.75) is 0 Å². The summed E-state index contributed by atoms with van der Waals surface area (Å²) in [5, 5.41) is 4.84. The van der Waals surface area contributed by atoms with Gasteiger partial charge in [-0.25, -0.2) is 0 Å².